The van der Waals surface area contributed by atoms with E-state index in [2.05, 4.69) is 4.98 Å². The third-order valence-corrected chi connectivity index (χ3v) is 2.67. The Labute approximate surface area is 97.4 Å². The molecule has 3 aromatic rings. The van der Waals surface area contributed by atoms with Crippen LogP contribution in [-0.4, -0.2) is 19.6 Å². The highest BCUT2D eigenvalue weighted by Crippen LogP contribution is 2.25. The number of aromatic hydroxyl groups is 2. The molecule has 84 valence electrons. The molecule has 3 rings (SSSR count). The summed E-state index contributed by atoms with van der Waals surface area (Å²) < 4.78 is 1.81. The Bertz CT molecular complexity index is 671. The molecule has 0 spiro atoms. The number of imidazole rings is 1. The monoisotopic (exact) mass is 226 g/mol. The average Bonchev–Trinajstić information content (AvgIpc) is 2.75. The molecule has 4 heteroatoms. The number of phenolic OH excluding ortho intramolecular Hbond substituents is 1. The Hall–Kier alpha value is -2.49. The van der Waals surface area contributed by atoms with Gasteiger partial charge in [-0.15, -0.1) is 0 Å². The molecular formula is C13H10N2O2. The molecule has 2 aromatic heterocycles. The second kappa shape index (κ2) is 3.52. The minimum absolute atomic E-state index is 0.199. The number of rotatable bonds is 1. The number of fused-ring (bicyclic) bond motifs is 1. The molecule has 1 aromatic carbocycles. The zero-order chi connectivity index (χ0) is 11.8. The summed E-state index contributed by atoms with van der Waals surface area (Å²) in [6, 6.07) is 10.2. The predicted octanol–water partition coefficient (Wildman–Crippen LogP) is 2.41. The largest absolute Gasteiger partial charge is 0.508 e. The van der Waals surface area contributed by atoms with Gasteiger partial charge < -0.3 is 10.2 Å². The molecule has 17 heavy (non-hydrogen) atoms. The molecule has 2 heterocycles. The number of nitrogens with zero attached hydrogens (tertiary/aromatic N) is 2. The van der Waals surface area contributed by atoms with Crippen molar-refractivity contribution in [1.82, 2.24) is 9.38 Å². The van der Waals surface area contributed by atoms with Crippen molar-refractivity contribution >= 4 is 5.52 Å². The van der Waals surface area contributed by atoms with E-state index in [1.165, 1.54) is 0 Å². The van der Waals surface area contributed by atoms with Gasteiger partial charge in [0, 0.05) is 11.8 Å². The van der Waals surface area contributed by atoms with E-state index in [1.54, 1.807) is 42.6 Å². The van der Waals surface area contributed by atoms with E-state index in [1.807, 2.05) is 10.6 Å². The molecule has 0 amide bonds. The third kappa shape index (κ3) is 1.50. The van der Waals surface area contributed by atoms with E-state index < -0.39 is 0 Å². The summed E-state index contributed by atoms with van der Waals surface area (Å²) in [4.78, 5) is 4.28. The van der Waals surface area contributed by atoms with E-state index in [4.69, 9.17) is 0 Å². The number of benzene rings is 1. The van der Waals surface area contributed by atoms with Crippen LogP contribution in [0.5, 0.6) is 11.5 Å². The first-order valence-electron chi connectivity index (χ1n) is 5.20. The topological polar surface area (TPSA) is 57.8 Å². The predicted molar refractivity (Wildman–Crippen MR) is 64.0 cm³/mol. The normalized spacial score (nSPS) is 10.8. The molecule has 0 fully saturated rings. The summed E-state index contributed by atoms with van der Waals surface area (Å²) in [7, 11) is 0. The minimum Gasteiger partial charge on any atom is -0.508 e. The van der Waals surface area contributed by atoms with Crippen molar-refractivity contribution < 1.29 is 10.2 Å². The standard InChI is InChI=1S/C13H10N2O2/c16-10-5-3-9(4-6-10)13-14-8-11-12(17)2-1-7-15(11)13/h1-8,16-17H. The minimum atomic E-state index is 0.199. The van der Waals surface area contributed by atoms with E-state index >= 15 is 0 Å². The zero-order valence-electron chi connectivity index (χ0n) is 8.91. The maximum absolute atomic E-state index is 9.67. The molecule has 0 saturated carbocycles. The fraction of sp³-hybridized carbons (Fsp3) is 0. The Kier molecular flexibility index (Phi) is 2.01. The summed E-state index contributed by atoms with van der Waals surface area (Å²) in [5.74, 6) is 1.15. The second-order valence-electron chi connectivity index (χ2n) is 3.78. The summed E-state index contributed by atoms with van der Waals surface area (Å²) in [6.45, 7) is 0. The van der Waals surface area contributed by atoms with Crippen LogP contribution in [0.3, 0.4) is 0 Å². The van der Waals surface area contributed by atoms with Crippen molar-refractivity contribution in [1.29, 1.82) is 0 Å². The van der Waals surface area contributed by atoms with Gasteiger partial charge in [0.05, 0.1) is 6.20 Å². The lowest BCUT2D eigenvalue weighted by molar-refractivity contribution is 0.475. The summed E-state index contributed by atoms with van der Waals surface area (Å²) in [5, 5.41) is 18.9. The highest BCUT2D eigenvalue weighted by Gasteiger charge is 2.08. The van der Waals surface area contributed by atoms with Crippen LogP contribution >= 0.6 is 0 Å². The average molecular weight is 226 g/mol. The molecule has 0 aliphatic rings. The maximum atomic E-state index is 9.67. The van der Waals surface area contributed by atoms with Gasteiger partial charge in [-0.1, -0.05) is 0 Å². The highest BCUT2D eigenvalue weighted by molar-refractivity contribution is 5.67. The summed E-state index contributed by atoms with van der Waals surface area (Å²) >= 11 is 0. The first kappa shape index (κ1) is 9.72. The number of pyridine rings is 1. The van der Waals surface area contributed by atoms with Crippen LogP contribution in [0.1, 0.15) is 0 Å². The Morgan fingerprint density at radius 1 is 1.00 bits per heavy atom. The third-order valence-electron chi connectivity index (χ3n) is 2.67. The summed E-state index contributed by atoms with van der Waals surface area (Å²) in [5.41, 5.74) is 1.55. The van der Waals surface area contributed by atoms with Crippen LogP contribution in [0.4, 0.5) is 0 Å². The smallest absolute Gasteiger partial charge is 0.144 e. The Morgan fingerprint density at radius 2 is 1.76 bits per heavy atom. The maximum Gasteiger partial charge on any atom is 0.144 e. The molecule has 0 saturated heterocycles. The van der Waals surface area contributed by atoms with Gasteiger partial charge in [0.25, 0.3) is 0 Å². The lowest BCUT2D eigenvalue weighted by Gasteiger charge is -2.02. The molecule has 0 aliphatic carbocycles. The first-order chi connectivity index (χ1) is 8.25. The van der Waals surface area contributed by atoms with Gasteiger partial charge in [-0.05, 0) is 36.4 Å². The Balaban J connectivity index is 2.24. The quantitative estimate of drug-likeness (QED) is 0.670. The van der Waals surface area contributed by atoms with Gasteiger partial charge in [0.15, 0.2) is 0 Å². The first-order valence-corrected chi connectivity index (χ1v) is 5.20. The van der Waals surface area contributed by atoms with Gasteiger partial charge in [-0.25, -0.2) is 4.98 Å². The number of hydrogen-bond acceptors (Lipinski definition) is 3. The molecule has 2 N–H and O–H groups in total. The van der Waals surface area contributed by atoms with Gasteiger partial charge in [0.2, 0.25) is 0 Å². The van der Waals surface area contributed by atoms with Crippen LogP contribution < -0.4 is 0 Å². The SMILES string of the molecule is Oc1ccc(-c2ncc3c(O)cccn23)cc1. The van der Waals surface area contributed by atoms with E-state index in [0.717, 1.165) is 11.4 Å². The summed E-state index contributed by atoms with van der Waals surface area (Å²) in [6.07, 6.45) is 3.46. The van der Waals surface area contributed by atoms with E-state index in [-0.39, 0.29) is 11.5 Å². The second-order valence-corrected chi connectivity index (χ2v) is 3.78. The van der Waals surface area contributed by atoms with Gasteiger partial charge in [-0.2, -0.15) is 0 Å². The van der Waals surface area contributed by atoms with Crippen molar-refractivity contribution in [3.63, 3.8) is 0 Å². The lowest BCUT2D eigenvalue weighted by Crippen LogP contribution is -1.88. The van der Waals surface area contributed by atoms with Gasteiger partial charge >= 0.3 is 0 Å². The van der Waals surface area contributed by atoms with Crippen LogP contribution in [0.15, 0.2) is 48.8 Å². The molecule has 0 atom stereocenters. The van der Waals surface area contributed by atoms with Crippen LogP contribution in [0, 0.1) is 0 Å². The number of phenols is 1. The molecule has 0 bridgehead atoms. The van der Waals surface area contributed by atoms with Gasteiger partial charge in [-0.3, -0.25) is 4.40 Å². The van der Waals surface area contributed by atoms with Crippen molar-refractivity contribution in [2.75, 3.05) is 0 Å². The van der Waals surface area contributed by atoms with Crippen LogP contribution in [0.25, 0.3) is 16.9 Å². The van der Waals surface area contributed by atoms with Crippen molar-refractivity contribution in [2.45, 2.75) is 0 Å². The van der Waals surface area contributed by atoms with E-state index in [0.29, 0.717) is 5.52 Å². The number of hydrogen-bond donors (Lipinski definition) is 2. The van der Waals surface area contributed by atoms with Gasteiger partial charge in [0.1, 0.15) is 22.8 Å². The van der Waals surface area contributed by atoms with Crippen molar-refractivity contribution in [2.24, 2.45) is 0 Å². The van der Waals surface area contributed by atoms with Crippen molar-refractivity contribution in [3.8, 4) is 22.9 Å². The lowest BCUT2D eigenvalue weighted by atomic mass is 10.2. The molecule has 0 radical (unpaired) electrons. The molecule has 4 nitrogen and oxygen atoms in total. The fourth-order valence-corrected chi connectivity index (χ4v) is 1.83. The fourth-order valence-electron chi connectivity index (χ4n) is 1.83. The Morgan fingerprint density at radius 3 is 2.53 bits per heavy atom. The number of aromatic nitrogens is 2. The van der Waals surface area contributed by atoms with E-state index in [9.17, 15) is 10.2 Å². The molecular weight excluding hydrogens is 216 g/mol. The zero-order valence-corrected chi connectivity index (χ0v) is 8.91. The highest BCUT2D eigenvalue weighted by atomic mass is 16.3. The molecule has 0 unspecified atom stereocenters. The van der Waals surface area contributed by atoms with Crippen molar-refractivity contribution in [3.05, 3.63) is 48.8 Å². The molecule has 0 aliphatic heterocycles. The van der Waals surface area contributed by atoms with Crippen LogP contribution in [-0.2, 0) is 0 Å². The van der Waals surface area contributed by atoms with Crippen LogP contribution in [0.2, 0.25) is 0 Å².